The Kier molecular flexibility index (Phi) is 9.01. The zero-order chi connectivity index (χ0) is 37.2. The fourth-order valence-corrected chi connectivity index (χ4v) is 8.85. The van der Waals surface area contributed by atoms with Gasteiger partial charge in [-0.05, 0) is 106 Å². The van der Waals surface area contributed by atoms with Gasteiger partial charge >= 0.3 is 12.1 Å². The number of aliphatic carboxylic acids is 1. The molecule has 1 atom stereocenters. The molecule has 1 saturated heterocycles. The third kappa shape index (κ3) is 6.60. The number of halogens is 3. The molecule has 0 bridgehead atoms. The smallest absolute Gasteiger partial charge is 0.452 e. The molecule has 4 aromatic rings. The Labute approximate surface area is 299 Å². The van der Waals surface area contributed by atoms with Crippen LogP contribution in [0.1, 0.15) is 79.1 Å². The highest BCUT2D eigenvalue weighted by Crippen LogP contribution is 2.47. The molecule has 1 saturated carbocycles. The number of ether oxygens (including phenoxy) is 2. The molecule has 1 spiro atoms. The number of benzene rings is 1. The van der Waals surface area contributed by atoms with Gasteiger partial charge in [0.2, 0.25) is 27.6 Å². The van der Waals surface area contributed by atoms with E-state index in [9.17, 15) is 31.5 Å². The maximum atomic E-state index is 14.3. The molecule has 2 aliphatic heterocycles. The fourth-order valence-electron chi connectivity index (χ4n) is 7.31. The van der Waals surface area contributed by atoms with Gasteiger partial charge in [-0.25, -0.2) is 8.42 Å². The van der Waals surface area contributed by atoms with Gasteiger partial charge in [0.1, 0.15) is 17.1 Å². The van der Waals surface area contributed by atoms with E-state index in [-0.39, 0.29) is 29.5 Å². The van der Waals surface area contributed by atoms with E-state index in [1.54, 1.807) is 45.0 Å². The minimum atomic E-state index is -4.74. The van der Waals surface area contributed by atoms with Crippen molar-refractivity contribution in [2.75, 3.05) is 32.8 Å². The lowest BCUT2D eigenvalue weighted by atomic mass is 9.70. The van der Waals surface area contributed by atoms with Gasteiger partial charge in [0.25, 0.3) is 0 Å². The van der Waals surface area contributed by atoms with Crippen molar-refractivity contribution in [2.45, 2.75) is 82.5 Å². The van der Waals surface area contributed by atoms with E-state index in [0.29, 0.717) is 47.6 Å². The van der Waals surface area contributed by atoms with E-state index in [4.69, 9.17) is 9.47 Å². The molecule has 1 aliphatic carbocycles. The maximum Gasteiger partial charge on any atom is 0.452 e. The molecule has 7 rings (SSSR count). The highest BCUT2D eigenvalue weighted by atomic mass is 32.2. The van der Waals surface area contributed by atoms with E-state index >= 15 is 0 Å². The van der Waals surface area contributed by atoms with Crippen LogP contribution in [0.2, 0.25) is 0 Å². The Hall–Kier alpha value is -4.28. The summed E-state index contributed by atoms with van der Waals surface area (Å²) in [5, 5.41) is 17.6. The molecular weight excluding hydrogens is 701 g/mol. The zero-order valence-corrected chi connectivity index (χ0v) is 30.2. The van der Waals surface area contributed by atoms with Crippen molar-refractivity contribution in [3.8, 4) is 11.8 Å². The van der Waals surface area contributed by atoms with Gasteiger partial charge in [-0.1, -0.05) is 18.2 Å². The number of carbonyl (C=O) groups is 1. The summed E-state index contributed by atoms with van der Waals surface area (Å²) >= 11 is 0. The minimum absolute atomic E-state index is 0.0143. The summed E-state index contributed by atoms with van der Waals surface area (Å²) in [7, 11) is -4.11. The molecule has 3 aliphatic rings. The number of carboxylic acids is 1. The lowest BCUT2D eigenvalue weighted by molar-refractivity contribution is -0.147. The first-order valence-corrected chi connectivity index (χ1v) is 18.7. The number of fused-ring (bicyclic) bond motifs is 2. The molecule has 16 heteroatoms. The van der Waals surface area contributed by atoms with E-state index in [1.165, 1.54) is 35.5 Å². The van der Waals surface area contributed by atoms with Crippen LogP contribution in [0.15, 0.2) is 47.5 Å². The number of alkyl halides is 3. The van der Waals surface area contributed by atoms with Crippen LogP contribution in [-0.2, 0) is 27.5 Å². The van der Waals surface area contributed by atoms with Crippen molar-refractivity contribution in [1.82, 2.24) is 28.8 Å². The van der Waals surface area contributed by atoms with E-state index < -0.39 is 44.9 Å². The van der Waals surface area contributed by atoms with E-state index in [1.807, 2.05) is 6.92 Å². The highest BCUT2D eigenvalue weighted by Gasteiger charge is 2.53. The number of likely N-dealkylation sites (tertiary alicyclic amines) is 1. The Balaban J connectivity index is 1.22. The summed E-state index contributed by atoms with van der Waals surface area (Å²) in [4.78, 5) is 19.5. The number of hydrogen-bond donors (Lipinski definition) is 1. The molecule has 0 unspecified atom stereocenters. The number of pyridine rings is 2. The Morgan fingerprint density at radius 2 is 1.81 bits per heavy atom. The highest BCUT2D eigenvalue weighted by molar-refractivity contribution is 7.89. The maximum absolute atomic E-state index is 14.3. The second-order valence-corrected chi connectivity index (χ2v) is 16.6. The average molecular weight is 743 g/mol. The summed E-state index contributed by atoms with van der Waals surface area (Å²) in [6.07, 6.45) is 0.0938. The van der Waals surface area contributed by atoms with Gasteiger partial charge in [0.15, 0.2) is 5.65 Å². The lowest BCUT2D eigenvalue weighted by Crippen LogP contribution is -2.38. The Morgan fingerprint density at radius 1 is 1.08 bits per heavy atom. The fraction of sp³-hybridized carbons (Fsp3) is 0.500. The number of nitrogens with zero attached hydrogens (tertiary/aromatic N) is 6. The average Bonchev–Trinajstić information content (AvgIpc) is 3.42. The topological polar surface area (TPSA) is 139 Å². The van der Waals surface area contributed by atoms with Crippen molar-refractivity contribution in [3.63, 3.8) is 0 Å². The summed E-state index contributed by atoms with van der Waals surface area (Å²) in [5.41, 5.74) is 0.558. The quantitative estimate of drug-likeness (QED) is 0.219. The molecule has 278 valence electrons. The van der Waals surface area contributed by atoms with Crippen LogP contribution >= 0.6 is 0 Å². The first-order chi connectivity index (χ1) is 24.5. The van der Waals surface area contributed by atoms with Crippen LogP contribution < -0.4 is 9.47 Å². The second-order valence-electron chi connectivity index (χ2n) is 14.7. The van der Waals surface area contributed by atoms with Gasteiger partial charge in [-0.15, -0.1) is 10.2 Å². The van der Waals surface area contributed by atoms with Crippen LogP contribution in [-0.4, -0.2) is 86.7 Å². The number of aryl methyl sites for hydroxylation is 2. The zero-order valence-electron chi connectivity index (χ0n) is 29.4. The first-order valence-electron chi connectivity index (χ1n) is 17.3. The second kappa shape index (κ2) is 13.0. The third-order valence-electron chi connectivity index (χ3n) is 10.6. The number of sulfonamides is 1. The van der Waals surface area contributed by atoms with Crippen molar-refractivity contribution in [3.05, 3.63) is 76.2 Å². The van der Waals surface area contributed by atoms with Crippen molar-refractivity contribution in [1.29, 1.82) is 0 Å². The lowest BCUT2D eigenvalue weighted by Gasteiger charge is -2.33. The SMILES string of the molecule is Cc1ccc([C@@H](c2ccn3c(C(F)(F)F)nnc3c2C)C(C)(C)C(=O)O)cc1CN1CC2(CC2)Oc2nc(OCCN3CCCC3)ccc2S1(=O)=O. The molecular formula is C36H41F3N6O6S. The number of aromatic nitrogens is 4. The van der Waals surface area contributed by atoms with Gasteiger partial charge in [-0.2, -0.15) is 22.5 Å². The minimum Gasteiger partial charge on any atom is -0.481 e. The van der Waals surface area contributed by atoms with Crippen molar-refractivity contribution < 1.29 is 41.0 Å². The third-order valence-corrected chi connectivity index (χ3v) is 12.4. The van der Waals surface area contributed by atoms with Crippen LogP contribution in [0, 0.1) is 19.3 Å². The predicted octanol–water partition coefficient (Wildman–Crippen LogP) is 5.59. The molecule has 3 aromatic heterocycles. The van der Waals surface area contributed by atoms with E-state index in [0.717, 1.165) is 29.6 Å². The number of carboxylic acid groups (broad SMARTS) is 1. The normalized spacial score (nSPS) is 19.3. The summed E-state index contributed by atoms with van der Waals surface area (Å²) in [6, 6.07) is 9.85. The molecule has 1 aromatic carbocycles. The molecule has 2 fully saturated rings. The summed E-state index contributed by atoms with van der Waals surface area (Å²) in [6.45, 7) is 9.85. The largest absolute Gasteiger partial charge is 0.481 e. The monoisotopic (exact) mass is 742 g/mol. The van der Waals surface area contributed by atoms with Crippen LogP contribution in [0.25, 0.3) is 5.65 Å². The van der Waals surface area contributed by atoms with Gasteiger partial charge in [-0.3, -0.25) is 14.1 Å². The first kappa shape index (κ1) is 36.1. The van der Waals surface area contributed by atoms with Crippen molar-refractivity contribution >= 4 is 21.6 Å². The Morgan fingerprint density at radius 3 is 2.48 bits per heavy atom. The van der Waals surface area contributed by atoms with Crippen LogP contribution in [0.3, 0.4) is 0 Å². The van der Waals surface area contributed by atoms with Gasteiger partial charge in [0, 0.05) is 31.3 Å². The summed E-state index contributed by atoms with van der Waals surface area (Å²) in [5.74, 6) is -2.85. The molecule has 5 heterocycles. The molecule has 0 amide bonds. The van der Waals surface area contributed by atoms with Crippen LogP contribution in [0.4, 0.5) is 13.2 Å². The molecule has 52 heavy (non-hydrogen) atoms. The molecule has 12 nitrogen and oxygen atoms in total. The standard InChI is InChI=1S/C36H41F3N6O6S/c1-22-7-8-24(29(34(3,4)33(46)47)26-11-16-45-30(23(26)2)41-42-32(45)36(37,38)39)19-25(22)20-44-21-35(12-13-35)51-31-27(52(44,48)49)9-10-28(40-31)50-18-17-43-14-5-6-15-43/h7-11,16,19,29H,5-6,12-15,17-18,20-21H2,1-4H3,(H,46,47)/t29-/m0/s1. The number of hydrogen-bond acceptors (Lipinski definition) is 9. The van der Waals surface area contributed by atoms with Crippen molar-refractivity contribution in [2.24, 2.45) is 5.41 Å². The Bertz CT molecular complexity index is 2140. The van der Waals surface area contributed by atoms with Gasteiger partial charge in [0.05, 0.1) is 12.0 Å². The molecule has 1 N–H and O–H groups in total. The van der Waals surface area contributed by atoms with E-state index in [2.05, 4.69) is 20.1 Å². The predicted molar refractivity (Wildman–Crippen MR) is 183 cm³/mol. The molecule has 0 radical (unpaired) electrons. The van der Waals surface area contributed by atoms with Crippen LogP contribution in [0.5, 0.6) is 11.8 Å². The number of rotatable bonds is 10. The van der Waals surface area contributed by atoms with Gasteiger partial charge < -0.3 is 14.6 Å². The summed E-state index contributed by atoms with van der Waals surface area (Å²) < 4.78 is 83.9.